The molecule has 0 saturated carbocycles. The van der Waals surface area contributed by atoms with Gasteiger partial charge in [0, 0.05) is 28.2 Å². The summed E-state index contributed by atoms with van der Waals surface area (Å²) in [5.41, 5.74) is 19.4. The molecule has 2 aliphatic heterocycles. The Morgan fingerprint density at radius 3 is 1.41 bits per heavy atom. The van der Waals surface area contributed by atoms with Crippen LogP contribution in [0.25, 0.3) is 49.7 Å². The molecule has 0 spiro atoms. The van der Waals surface area contributed by atoms with Gasteiger partial charge in [0.25, 0.3) is 0 Å². The molecule has 9 aromatic rings. The van der Waals surface area contributed by atoms with Crippen LogP contribution in [0.4, 0.5) is 5.69 Å². The molecule has 71 heavy (non-hydrogen) atoms. The van der Waals surface area contributed by atoms with Gasteiger partial charge in [-0.3, -0.25) is 9.36 Å². The van der Waals surface area contributed by atoms with Gasteiger partial charge in [-0.25, -0.2) is 0 Å². The predicted octanol–water partition coefficient (Wildman–Crippen LogP) is 14.8. The number of fused-ring (bicyclic) bond motifs is 6. The van der Waals surface area contributed by atoms with Crippen LogP contribution in [0.3, 0.4) is 0 Å². The van der Waals surface area contributed by atoms with E-state index >= 15 is 0 Å². The monoisotopic (exact) mass is 1100 g/mol. The fraction of sp³-hybridized carbons (Fsp3) is 0.250. The topological polar surface area (TPSA) is 52.9 Å². The number of hydrogen-bond acceptors (Lipinski definition) is 3. The van der Waals surface area contributed by atoms with E-state index in [0.717, 1.165) is 48.3 Å². The average Bonchev–Trinajstić information content (AvgIpc) is 4.05. The SMILES string of the molecule is CC1(C)c2cc(CCc3cccc(CCc4c[c-]c5c(c4)C(C)(C)C(C)(C)c4c(-c6ccccc6)cnn4-5)c3)c[c-]c2-n2ncc(-c3ccccc3)c2C1(C)C.[C-]#[N+]c1c[c-]c(-c2ccccn2)cc1.[Ir+3]. The number of aromatic nitrogens is 5. The molecule has 0 fully saturated rings. The van der Waals surface area contributed by atoms with E-state index in [9.17, 15) is 0 Å². The fourth-order valence-electron chi connectivity index (χ4n) is 10.5. The van der Waals surface area contributed by atoms with Crippen LogP contribution in [0.15, 0.2) is 164 Å². The van der Waals surface area contributed by atoms with Crippen molar-refractivity contribution in [2.75, 3.05) is 0 Å². The molecule has 6 nitrogen and oxygen atoms in total. The Morgan fingerprint density at radius 2 is 0.972 bits per heavy atom. The maximum Gasteiger partial charge on any atom is 3.00 e. The molecule has 2 aliphatic rings. The van der Waals surface area contributed by atoms with E-state index < -0.39 is 0 Å². The predicted molar refractivity (Wildman–Crippen MR) is 284 cm³/mol. The second-order valence-corrected chi connectivity index (χ2v) is 21.0. The minimum atomic E-state index is -0.141. The summed E-state index contributed by atoms with van der Waals surface area (Å²) < 4.78 is 4.30. The van der Waals surface area contributed by atoms with Gasteiger partial charge in [0.15, 0.2) is 0 Å². The third-order valence-corrected chi connectivity index (χ3v) is 16.0. The van der Waals surface area contributed by atoms with Crippen LogP contribution in [0.2, 0.25) is 0 Å². The number of hydrogen-bond donors (Lipinski definition) is 0. The Labute approximate surface area is 434 Å². The molecule has 7 heteroatoms. The van der Waals surface area contributed by atoms with Crippen LogP contribution in [-0.4, -0.2) is 24.5 Å². The van der Waals surface area contributed by atoms with E-state index in [1.54, 1.807) is 18.3 Å². The van der Waals surface area contributed by atoms with Crippen LogP contribution in [-0.2, 0) is 67.4 Å². The van der Waals surface area contributed by atoms with Crippen molar-refractivity contribution >= 4 is 5.69 Å². The van der Waals surface area contributed by atoms with Crippen LogP contribution in [0.1, 0.15) is 100 Å². The Balaban J connectivity index is 0.000000358. The van der Waals surface area contributed by atoms with Gasteiger partial charge in [-0.2, -0.15) is 62.6 Å². The molecule has 0 amide bonds. The van der Waals surface area contributed by atoms with Crippen LogP contribution in [0.5, 0.6) is 0 Å². The normalized spacial score (nSPS) is 15.0. The van der Waals surface area contributed by atoms with Gasteiger partial charge in [-0.15, -0.1) is 28.8 Å². The van der Waals surface area contributed by atoms with Crippen LogP contribution >= 0.6 is 0 Å². The molecule has 0 radical (unpaired) electrons. The summed E-state index contributed by atoms with van der Waals surface area (Å²) in [6, 6.07) is 61.2. The third-order valence-electron chi connectivity index (χ3n) is 16.0. The molecule has 11 rings (SSSR count). The molecule has 0 N–H and O–H groups in total. The van der Waals surface area contributed by atoms with Crippen molar-refractivity contribution in [2.24, 2.45) is 0 Å². The third kappa shape index (κ3) is 8.83. The van der Waals surface area contributed by atoms with E-state index in [0.29, 0.717) is 5.69 Å². The summed E-state index contributed by atoms with van der Waals surface area (Å²) in [4.78, 5) is 7.50. The summed E-state index contributed by atoms with van der Waals surface area (Å²) in [7, 11) is 0. The molecule has 5 heterocycles. The number of nitrogens with zero attached hydrogens (tertiary/aromatic N) is 6. The Hall–Kier alpha value is -6.97. The van der Waals surface area contributed by atoms with Gasteiger partial charge in [0.05, 0.1) is 23.8 Å². The van der Waals surface area contributed by atoms with Gasteiger partial charge in [0.1, 0.15) is 6.57 Å². The zero-order valence-electron chi connectivity index (χ0n) is 41.9. The van der Waals surface area contributed by atoms with Gasteiger partial charge >= 0.3 is 20.1 Å². The first kappa shape index (κ1) is 49.0. The molecule has 0 aliphatic carbocycles. The first-order valence-corrected chi connectivity index (χ1v) is 24.5. The van der Waals surface area contributed by atoms with Crippen molar-refractivity contribution in [1.82, 2.24) is 24.5 Å². The van der Waals surface area contributed by atoms with Gasteiger partial charge in [0.2, 0.25) is 5.69 Å². The van der Waals surface area contributed by atoms with Gasteiger partial charge in [-0.1, -0.05) is 177 Å². The average molecular weight is 1100 g/mol. The Kier molecular flexibility index (Phi) is 13.3. The molecule has 354 valence electrons. The molecule has 6 aromatic carbocycles. The number of rotatable bonds is 9. The second kappa shape index (κ2) is 19.3. The molecule has 3 aromatic heterocycles. The second-order valence-electron chi connectivity index (χ2n) is 21.0. The van der Waals surface area contributed by atoms with Crippen molar-refractivity contribution in [3.8, 4) is 44.9 Å². The van der Waals surface area contributed by atoms with Crippen molar-refractivity contribution < 1.29 is 20.1 Å². The van der Waals surface area contributed by atoms with Crippen molar-refractivity contribution in [3.63, 3.8) is 0 Å². The Morgan fingerprint density at radius 1 is 0.493 bits per heavy atom. The number of aryl methyl sites for hydroxylation is 4. The first-order valence-electron chi connectivity index (χ1n) is 24.5. The van der Waals surface area contributed by atoms with Crippen molar-refractivity contribution in [3.05, 3.63) is 239 Å². The smallest absolute Gasteiger partial charge is 0.305 e. The molecule has 0 bridgehead atoms. The maximum atomic E-state index is 6.81. The van der Waals surface area contributed by atoms with Crippen LogP contribution < -0.4 is 0 Å². The minimum Gasteiger partial charge on any atom is -0.305 e. The molecule has 0 saturated heterocycles. The molecule has 0 atom stereocenters. The summed E-state index contributed by atoms with van der Waals surface area (Å²) in [6.07, 6.45) is 9.73. The van der Waals surface area contributed by atoms with E-state index in [-0.39, 0.29) is 41.8 Å². The fourth-order valence-corrected chi connectivity index (χ4v) is 10.5. The zero-order valence-corrected chi connectivity index (χ0v) is 44.3. The van der Waals surface area contributed by atoms with E-state index in [4.69, 9.17) is 16.8 Å². The number of benzene rings is 6. The maximum absolute atomic E-state index is 6.81. The van der Waals surface area contributed by atoms with Gasteiger partial charge < -0.3 is 4.98 Å². The minimum absolute atomic E-state index is 0. The van der Waals surface area contributed by atoms with Crippen LogP contribution in [0, 0.1) is 24.8 Å². The summed E-state index contributed by atoms with van der Waals surface area (Å²) in [6.45, 7) is 25.8. The first-order chi connectivity index (χ1) is 33.7. The van der Waals surface area contributed by atoms with Crippen molar-refractivity contribution in [1.29, 1.82) is 0 Å². The molecular formula is C64H59IrN6. The van der Waals surface area contributed by atoms with E-state index in [2.05, 4.69) is 202 Å². The zero-order chi connectivity index (χ0) is 48.8. The molecular weight excluding hydrogens is 1040 g/mol. The standard InChI is InChI=1S/C52H52N4.C12H7N2.Ir/c1-49(2)43-31-37(26-28-45(43)55-47(51(49,5)6)41(33-53-55)39-18-11-9-12-19-39)24-22-35-16-15-17-36(30-35)23-25-38-27-29-46-44(32-38)50(3,4)52(7,8)48-42(34-54-56(46)48)40-20-13-10-14-21-40;1-13-11-7-5-10(6-8-11)12-4-2-3-9-14-12;/h9-21,26-27,30-34H,22-25H2,1-8H3;2-5,7-9H;/q-2;-1;+3. The summed E-state index contributed by atoms with van der Waals surface area (Å²) >= 11 is 0. The van der Waals surface area contributed by atoms with E-state index in [1.807, 2.05) is 36.7 Å². The summed E-state index contributed by atoms with van der Waals surface area (Å²) in [5.74, 6) is 0. The Bertz CT molecular complexity index is 3200. The number of pyridine rings is 1. The van der Waals surface area contributed by atoms with Crippen molar-refractivity contribution in [2.45, 2.75) is 103 Å². The largest absolute Gasteiger partial charge is 3.00 e. The van der Waals surface area contributed by atoms with E-state index in [1.165, 1.54) is 67.0 Å². The molecule has 0 unspecified atom stereocenters. The summed E-state index contributed by atoms with van der Waals surface area (Å²) in [5, 5.41) is 9.88. The van der Waals surface area contributed by atoms with Gasteiger partial charge in [-0.05, 0) is 69.1 Å². The quantitative estimate of drug-likeness (QED) is 0.135.